The molecule has 0 unspecified atom stereocenters. The standard InChI is InChI=1S/C27H20ClFN2O3.C22H19BrN2O3/c28-21-16-20(13-14-22(21)29)23-7-4-8-24(30-23)26(32)31-25(27(33)34)15-17-9-11-19(12-10-17)18-5-2-1-3-6-18;1-28-22(27)19(25-21(26)18-8-5-9-20(23)24-18)14-15-10-12-17(13-11-15)16-6-3-2-4-7-16/h1-14,16,25H,15H2,(H,31,32)(H,33,34);2-13,19H,14H2,1H3,(H,25,26)/t25-;19-/m00/s1. The van der Waals surface area contributed by atoms with Gasteiger partial charge in [-0.1, -0.05) is 133 Å². The Morgan fingerprint density at radius 3 is 1.58 bits per heavy atom. The molecule has 5 aromatic carbocycles. The van der Waals surface area contributed by atoms with E-state index in [9.17, 15) is 28.7 Å². The summed E-state index contributed by atoms with van der Waals surface area (Å²) >= 11 is 9.08. The highest BCUT2D eigenvalue weighted by Gasteiger charge is 2.24. The van der Waals surface area contributed by atoms with Crippen LogP contribution in [0.2, 0.25) is 5.02 Å². The Kier molecular flexibility index (Phi) is 15.4. The summed E-state index contributed by atoms with van der Waals surface area (Å²) in [6, 6.07) is 47.3. The maximum absolute atomic E-state index is 13.5. The molecule has 0 radical (unpaired) electrons. The van der Waals surface area contributed by atoms with Gasteiger partial charge in [0.2, 0.25) is 0 Å². The summed E-state index contributed by atoms with van der Waals surface area (Å²) in [6.07, 6.45) is 0.435. The lowest BCUT2D eigenvalue weighted by atomic mass is 10.0. The topological polar surface area (TPSA) is 148 Å². The molecule has 3 N–H and O–H groups in total. The number of benzene rings is 5. The molecule has 0 bridgehead atoms. The maximum atomic E-state index is 13.5. The zero-order valence-corrected chi connectivity index (χ0v) is 35.5. The number of aromatic nitrogens is 2. The van der Waals surface area contributed by atoms with E-state index in [4.69, 9.17) is 16.3 Å². The SMILES string of the molecule is COC(=O)[C@H](Cc1ccc(-c2ccccc2)cc1)NC(=O)c1cccc(Br)n1.O=C(N[C@@H](Cc1ccc(-c2ccccc2)cc1)C(=O)O)c1cccc(-c2ccc(F)c(Cl)c2)n1. The predicted molar refractivity (Wildman–Crippen MR) is 240 cm³/mol. The molecule has 2 amide bonds. The number of aliphatic carboxylic acids is 1. The van der Waals surface area contributed by atoms with Crippen molar-refractivity contribution in [2.45, 2.75) is 24.9 Å². The minimum Gasteiger partial charge on any atom is -0.480 e. The summed E-state index contributed by atoms with van der Waals surface area (Å²) in [5, 5.41) is 14.9. The molecule has 0 spiro atoms. The Morgan fingerprint density at radius 1 is 0.613 bits per heavy atom. The van der Waals surface area contributed by atoms with E-state index in [2.05, 4.69) is 36.5 Å². The first-order valence-electron chi connectivity index (χ1n) is 19.2. The van der Waals surface area contributed by atoms with Crippen molar-refractivity contribution in [1.29, 1.82) is 0 Å². The van der Waals surface area contributed by atoms with Gasteiger partial charge in [0.25, 0.3) is 11.8 Å². The second-order valence-corrected chi connectivity index (χ2v) is 15.0. The van der Waals surface area contributed by atoms with Crippen molar-refractivity contribution >= 4 is 51.3 Å². The number of carboxylic acids is 1. The molecule has 7 rings (SSSR count). The number of hydrogen-bond donors (Lipinski definition) is 3. The first-order chi connectivity index (χ1) is 30.0. The molecule has 62 heavy (non-hydrogen) atoms. The molecule has 10 nitrogen and oxygen atoms in total. The number of methoxy groups -OCH3 is 1. The number of hydrogen-bond acceptors (Lipinski definition) is 7. The number of ether oxygens (including phenoxy) is 1. The average Bonchev–Trinajstić information content (AvgIpc) is 3.30. The fourth-order valence-electron chi connectivity index (χ4n) is 6.31. The number of rotatable bonds is 13. The van der Waals surface area contributed by atoms with Gasteiger partial charge in [-0.2, -0.15) is 0 Å². The number of nitrogens with zero attached hydrogens (tertiary/aromatic N) is 2. The van der Waals surface area contributed by atoms with Crippen molar-refractivity contribution in [2.75, 3.05) is 7.11 Å². The normalized spacial score (nSPS) is 11.5. The molecule has 312 valence electrons. The third kappa shape index (κ3) is 12.3. The summed E-state index contributed by atoms with van der Waals surface area (Å²) in [6.45, 7) is 0. The highest BCUT2D eigenvalue weighted by atomic mass is 79.9. The predicted octanol–water partition coefficient (Wildman–Crippen LogP) is 9.66. The van der Waals surface area contributed by atoms with Crippen LogP contribution in [0.1, 0.15) is 32.1 Å². The van der Waals surface area contributed by atoms with Gasteiger partial charge in [-0.05, 0) is 91.8 Å². The number of esters is 1. The zero-order valence-electron chi connectivity index (χ0n) is 33.2. The minimum absolute atomic E-state index is 0.0450. The van der Waals surface area contributed by atoms with Gasteiger partial charge in [0.1, 0.15) is 33.9 Å². The maximum Gasteiger partial charge on any atom is 0.328 e. The highest BCUT2D eigenvalue weighted by Crippen LogP contribution is 2.25. The van der Waals surface area contributed by atoms with Crippen molar-refractivity contribution in [3.8, 4) is 33.5 Å². The Balaban J connectivity index is 0.000000211. The quantitative estimate of drug-likeness (QED) is 0.0766. The van der Waals surface area contributed by atoms with Gasteiger partial charge in [0.15, 0.2) is 0 Å². The lowest BCUT2D eigenvalue weighted by molar-refractivity contribution is -0.143. The lowest BCUT2D eigenvalue weighted by Crippen LogP contribution is -2.43. The van der Waals surface area contributed by atoms with Crippen molar-refractivity contribution in [2.24, 2.45) is 0 Å². The van der Waals surface area contributed by atoms with Gasteiger partial charge in [0, 0.05) is 18.4 Å². The van der Waals surface area contributed by atoms with Crippen LogP contribution in [0.15, 0.2) is 168 Å². The minimum atomic E-state index is -1.15. The molecule has 7 aromatic rings. The van der Waals surface area contributed by atoms with E-state index in [0.717, 1.165) is 33.4 Å². The van der Waals surface area contributed by atoms with Crippen LogP contribution in [0.4, 0.5) is 4.39 Å². The van der Waals surface area contributed by atoms with Crippen LogP contribution in [0.25, 0.3) is 33.5 Å². The Morgan fingerprint density at radius 2 is 1.08 bits per heavy atom. The van der Waals surface area contributed by atoms with Gasteiger partial charge in [-0.3, -0.25) is 9.59 Å². The van der Waals surface area contributed by atoms with E-state index in [0.29, 0.717) is 22.3 Å². The molecule has 2 heterocycles. The fraction of sp³-hybridized carbons (Fsp3) is 0.102. The number of carbonyl (C=O) groups is 4. The van der Waals surface area contributed by atoms with Crippen LogP contribution in [-0.2, 0) is 27.2 Å². The molecule has 0 aliphatic rings. The largest absolute Gasteiger partial charge is 0.480 e. The van der Waals surface area contributed by atoms with Crippen LogP contribution in [-0.4, -0.2) is 58.0 Å². The van der Waals surface area contributed by atoms with E-state index in [1.54, 1.807) is 30.3 Å². The van der Waals surface area contributed by atoms with Crippen LogP contribution in [0, 0.1) is 5.82 Å². The summed E-state index contributed by atoms with van der Waals surface area (Å²) in [4.78, 5) is 57.6. The second kappa shape index (κ2) is 21.5. The number of halogens is 3. The molecule has 2 atom stereocenters. The zero-order chi connectivity index (χ0) is 44.0. The number of amides is 2. The highest BCUT2D eigenvalue weighted by molar-refractivity contribution is 9.10. The van der Waals surface area contributed by atoms with Crippen LogP contribution in [0.3, 0.4) is 0 Å². The number of carbonyl (C=O) groups excluding carboxylic acids is 3. The monoisotopic (exact) mass is 912 g/mol. The van der Waals surface area contributed by atoms with Gasteiger partial charge >= 0.3 is 11.9 Å². The molecule has 0 saturated heterocycles. The number of pyridine rings is 2. The average molecular weight is 914 g/mol. The summed E-state index contributed by atoms with van der Waals surface area (Å²) in [7, 11) is 1.30. The smallest absolute Gasteiger partial charge is 0.328 e. The summed E-state index contributed by atoms with van der Waals surface area (Å²) in [5.74, 6) is -3.26. The van der Waals surface area contributed by atoms with E-state index >= 15 is 0 Å². The third-order valence-electron chi connectivity index (χ3n) is 9.54. The second-order valence-electron chi connectivity index (χ2n) is 13.8. The first kappa shape index (κ1) is 44.5. The van der Waals surface area contributed by atoms with Gasteiger partial charge in [0.05, 0.1) is 17.8 Å². The fourth-order valence-corrected chi connectivity index (χ4v) is 6.84. The third-order valence-corrected chi connectivity index (χ3v) is 10.3. The summed E-state index contributed by atoms with van der Waals surface area (Å²) < 4.78 is 18.9. The van der Waals surface area contributed by atoms with Crippen LogP contribution >= 0.6 is 27.5 Å². The van der Waals surface area contributed by atoms with Gasteiger partial charge in [-0.15, -0.1) is 0 Å². The molecule has 0 saturated carbocycles. The van der Waals surface area contributed by atoms with E-state index in [1.165, 1.54) is 31.4 Å². The number of nitrogens with one attached hydrogen (secondary N) is 2. The van der Waals surface area contributed by atoms with Gasteiger partial charge in [-0.25, -0.2) is 23.9 Å². The molecular formula is C49H39BrClFN4O6. The van der Waals surface area contributed by atoms with Gasteiger partial charge < -0.3 is 20.5 Å². The van der Waals surface area contributed by atoms with Crippen molar-refractivity contribution < 1.29 is 33.4 Å². The lowest BCUT2D eigenvalue weighted by Gasteiger charge is -2.16. The van der Waals surface area contributed by atoms with E-state index in [1.807, 2.05) is 109 Å². The summed E-state index contributed by atoms with van der Waals surface area (Å²) in [5.41, 5.74) is 7.19. The Bertz CT molecular complexity index is 2650. The van der Waals surface area contributed by atoms with Crippen LogP contribution in [0.5, 0.6) is 0 Å². The first-order valence-corrected chi connectivity index (χ1v) is 20.4. The Labute approximate surface area is 370 Å². The molecule has 0 aliphatic carbocycles. The number of carboxylic acid groups (broad SMARTS) is 1. The molecule has 0 fully saturated rings. The Hall–Kier alpha value is -7.02. The van der Waals surface area contributed by atoms with Crippen molar-refractivity contribution in [3.05, 3.63) is 202 Å². The van der Waals surface area contributed by atoms with Crippen molar-refractivity contribution in [1.82, 2.24) is 20.6 Å². The van der Waals surface area contributed by atoms with Crippen molar-refractivity contribution in [3.63, 3.8) is 0 Å². The van der Waals surface area contributed by atoms with Crippen LogP contribution < -0.4 is 10.6 Å². The molecule has 0 aliphatic heterocycles. The van der Waals surface area contributed by atoms with E-state index in [-0.39, 0.29) is 22.8 Å². The molecule has 13 heteroatoms. The molecular weight excluding hydrogens is 875 g/mol. The van der Waals surface area contributed by atoms with E-state index < -0.39 is 41.7 Å². The molecule has 2 aromatic heterocycles.